The number of carboxylic acid groups (broad SMARTS) is 1. The van der Waals surface area contributed by atoms with Gasteiger partial charge in [-0.3, -0.25) is 4.79 Å². The minimum atomic E-state index is -1.09. The highest BCUT2D eigenvalue weighted by atomic mass is 16.5. The van der Waals surface area contributed by atoms with E-state index >= 15 is 0 Å². The lowest BCUT2D eigenvalue weighted by atomic mass is 10.1. The smallest absolute Gasteiger partial charge is 0.326 e. The molecule has 1 amide bonds. The van der Waals surface area contributed by atoms with Crippen molar-refractivity contribution >= 4 is 11.9 Å². The van der Waals surface area contributed by atoms with Gasteiger partial charge in [0.1, 0.15) is 11.8 Å². The van der Waals surface area contributed by atoms with Crippen LogP contribution in [0.4, 0.5) is 0 Å². The fourth-order valence-corrected chi connectivity index (χ4v) is 1.92. The number of carbonyl (C=O) groups is 2. The molecule has 0 aliphatic carbocycles. The number of rotatable bonds is 9. The summed E-state index contributed by atoms with van der Waals surface area (Å²) >= 11 is 0. The summed E-state index contributed by atoms with van der Waals surface area (Å²) in [7, 11) is 1.48. The minimum Gasteiger partial charge on any atom is -0.480 e. The van der Waals surface area contributed by atoms with Crippen molar-refractivity contribution in [3.05, 3.63) is 29.8 Å². The monoisotopic (exact) mass is 309 g/mol. The maximum Gasteiger partial charge on any atom is 0.326 e. The van der Waals surface area contributed by atoms with E-state index in [1.54, 1.807) is 6.07 Å². The van der Waals surface area contributed by atoms with Crippen molar-refractivity contribution in [3.63, 3.8) is 0 Å². The van der Waals surface area contributed by atoms with E-state index in [-0.39, 0.29) is 13.0 Å². The van der Waals surface area contributed by atoms with Gasteiger partial charge in [-0.15, -0.1) is 0 Å². The largest absolute Gasteiger partial charge is 0.480 e. The number of carboxylic acids is 1. The molecule has 22 heavy (non-hydrogen) atoms. The lowest BCUT2D eigenvalue weighted by Gasteiger charge is -2.21. The second kappa shape index (κ2) is 9.04. The molecule has 1 aromatic carbocycles. The van der Waals surface area contributed by atoms with Crippen molar-refractivity contribution in [1.29, 1.82) is 0 Å². The van der Waals surface area contributed by atoms with Crippen LogP contribution in [0.2, 0.25) is 0 Å². The van der Waals surface area contributed by atoms with Gasteiger partial charge in [-0.25, -0.2) is 4.79 Å². The summed E-state index contributed by atoms with van der Waals surface area (Å²) in [6.45, 7) is 3.96. The summed E-state index contributed by atoms with van der Waals surface area (Å²) < 4.78 is 10.6. The predicted molar refractivity (Wildman–Crippen MR) is 81.9 cm³/mol. The van der Waals surface area contributed by atoms with E-state index in [0.29, 0.717) is 12.2 Å². The zero-order valence-corrected chi connectivity index (χ0v) is 13.2. The second-order valence-electron chi connectivity index (χ2n) is 4.96. The Balaban J connectivity index is 2.71. The second-order valence-corrected chi connectivity index (χ2v) is 4.96. The van der Waals surface area contributed by atoms with Gasteiger partial charge < -0.3 is 19.9 Å². The van der Waals surface area contributed by atoms with Crippen LogP contribution in [0.1, 0.15) is 25.3 Å². The zero-order chi connectivity index (χ0) is 16.5. The molecule has 6 nitrogen and oxygen atoms in total. The molecule has 0 fully saturated rings. The van der Waals surface area contributed by atoms with Crippen molar-refractivity contribution in [3.8, 4) is 5.75 Å². The molecule has 0 aromatic heterocycles. The number of carbonyl (C=O) groups excluding carboxylic acids is 1. The van der Waals surface area contributed by atoms with E-state index in [4.69, 9.17) is 14.6 Å². The first-order valence-electron chi connectivity index (χ1n) is 7.24. The van der Waals surface area contributed by atoms with Gasteiger partial charge in [0.05, 0.1) is 0 Å². The van der Waals surface area contributed by atoms with Gasteiger partial charge in [-0.2, -0.15) is 0 Å². The van der Waals surface area contributed by atoms with Crippen LogP contribution in [-0.2, 0) is 14.3 Å². The number of aliphatic carboxylic acids is 1. The molecule has 2 N–H and O–H groups in total. The van der Waals surface area contributed by atoms with E-state index in [0.717, 1.165) is 5.56 Å². The van der Waals surface area contributed by atoms with E-state index < -0.39 is 24.0 Å². The highest BCUT2D eigenvalue weighted by Crippen LogP contribution is 2.19. The van der Waals surface area contributed by atoms with Gasteiger partial charge in [0.15, 0.2) is 6.10 Å². The number of amides is 1. The lowest BCUT2D eigenvalue weighted by Crippen LogP contribution is -2.47. The molecule has 0 saturated heterocycles. The van der Waals surface area contributed by atoms with Crippen LogP contribution in [0.25, 0.3) is 0 Å². The van der Waals surface area contributed by atoms with E-state index in [9.17, 15) is 9.59 Å². The summed E-state index contributed by atoms with van der Waals surface area (Å²) in [5.41, 5.74) is 0.919. The van der Waals surface area contributed by atoms with Crippen molar-refractivity contribution in [2.24, 2.45) is 0 Å². The number of benzene rings is 1. The molecular formula is C16H23NO5. The lowest BCUT2D eigenvalue weighted by molar-refractivity contribution is -0.143. The Hall–Kier alpha value is -2.08. The first-order valence-corrected chi connectivity index (χ1v) is 7.24. The van der Waals surface area contributed by atoms with Gasteiger partial charge >= 0.3 is 5.97 Å². The summed E-state index contributed by atoms with van der Waals surface area (Å²) in [4.78, 5) is 23.4. The van der Waals surface area contributed by atoms with Gasteiger partial charge in [0.25, 0.3) is 5.91 Å². The summed E-state index contributed by atoms with van der Waals surface area (Å²) in [6.07, 6.45) is -0.0831. The van der Waals surface area contributed by atoms with Gasteiger partial charge in [0, 0.05) is 20.1 Å². The molecular weight excluding hydrogens is 286 g/mol. The molecule has 0 bridgehead atoms. The predicted octanol–water partition coefficient (Wildman–Crippen LogP) is 1.76. The van der Waals surface area contributed by atoms with Crippen LogP contribution in [0.15, 0.2) is 24.3 Å². The minimum absolute atomic E-state index is 0.207. The third-order valence-corrected chi connectivity index (χ3v) is 3.25. The van der Waals surface area contributed by atoms with Gasteiger partial charge in [-0.1, -0.05) is 25.1 Å². The van der Waals surface area contributed by atoms with Gasteiger partial charge in [0.2, 0.25) is 0 Å². The van der Waals surface area contributed by atoms with Crippen LogP contribution in [0, 0.1) is 6.92 Å². The molecule has 6 heteroatoms. The molecule has 0 aliphatic heterocycles. The standard InChI is InChI=1S/C16H23NO5/c1-4-13(22-14-8-6-5-7-11(14)2)15(18)17-12(16(19)20)9-10-21-3/h5-8,12-13H,4,9-10H2,1-3H3,(H,17,18)(H,19,20). The van der Waals surface area contributed by atoms with Crippen LogP contribution in [0.5, 0.6) is 5.75 Å². The Morgan fingerprint density at radius 2 is 2.00 bits per heavy atom. The topological polar surface area (TPSA) is 84.9 Å². The molecule has 2 atom stereocenters. The Labute approximate surface area is 130 Å². The SMILES string of the molecule is CCC(Oc1ccccc1C)C(=O)NC(CCOC)C(=O)O. The number of ether oxygens (including phenoxy) is 2. The molecule has 0 aliphatic rings. The zero-order valence-electron chi connectivity index (χ0n) is 13.2. The van der Waals surface area contributed by atoms with Crippen LogP contribution >= 0.6 is 0 Å². The van der Waals surface area contributed by atoms with Crippen LogP contribution in [-0.4, -0.2) is 42.8 Å². The average Bonchev–Trinajstić information content (AvgIpc) is 2.50. The average molecular weight is 309 g/mol. The van der Waals surface area contributed by atoms with Crippen LogP contribution in [0.3, 0.4) is 0 Å². The number of aryl methyl sites for hydroxylation is 1. The quantitative estimate of drug-likeness (QED) is 0.726. The van der Waals surface area contributed by atoms with Crippen LogP contribution < -0.4 is 10.1 Å². The third kappa shape index (κ3) is 5.37. The number of methoxy groups -OCH3 is 1. The Bertz CT molecular complexity index is 503. The Morgan fingerprint density at radius 3 is 2.55 bits per heavy atom. The summed E-state index contributed by atoms with van der Waals surface area (Å²) in [5.74, 6) is -0.904. The van der Waals surface area contributed by atoms with Crippen molar-refractivity contribution in [1.82, 2.24) is 5.32 Å². The fraction of sp³-hybridized carbons (Fsp3) is 0.500. The molecule has 0 heterocycles. The van der Waals surface area contributed by atoms with Crippen molar-refractivity contribution in [2.45, 2.75) is 38.8 Å². The summed E-state index contributed by atoms with van der Waals surface area (Å²) in [6, 6.07) is 6.39. The molecule has 1 rings (SSSR count). The molecule has 122 valence electrons. The van der Waals surface area contributed by atoms with E-state index in [1.807, 2.05) is 32.0 Å². The van der Waals surface area contributed by atoms with E-state index in [2.05, 4.69) is 5.32 Å². The first kappa shape index (κ1) is 18.0. The normalized spacial score (nSPS) is 13.2. The molecule has 0 spiro atoms. The van der Waals surface area contributed by atoms with Crippen molar-refractivity contribution in [2.75, 3.05) is 13.7 Å². The maximum atomic E-state index is 12.2. The molecule has 1 aromatic rings. The number of hydrogen-bond acceptors (Lipinski definition) is 4. The number of nitrogens with one attached hydrogen (secondary N) is 1. The number of hydrogen-bond donors (Lipinski definition) is 2. The van der Waals surface area contributed by atoms with Crippen molar-refractivity contribution < 1.29 is 24.2 Å². The first-order chi connectivity index (χ1) is 10.5. The third-order valence-electron chi connectivity index (χ3n) is 3.25. The summed E-state index contributed by atoms with van der Waals surface area (Å²) in [5, 5.41) is 11.6. The highest BCUT2D eigenvalue weighted by molar-refractivity contribution is 5.86. The fourth-order valence-electron chi connectivity index (χ4n) is 1.92. The molecule has 2 unspecified atom stereocenters. The molecule has 0 saturated carbocycles. The Morgan fingerprint density at radius 1 is 1.32 bits per heavy atom. The van der Waals surface area contributed by atoms with Gasteiger partial charge in [-0.05, 0) is 25.0 Å². The van der Waals surface area contributed by atoms with E-state index in [1.165, 1.54) is 7.11 Å². The maximum absolute atomic E-state index is 12.2. The number of para-hydroxylation sites is 1. The highest BCUT2D eigenvalue weighted by Gasteiger charge is 2.25. The Kier molecular flexibility index (Phi) is 7.39. The molecule has 0 radical (unpaired) electrons.